The molecule has 0 bridgehead atoms. The molecule has 23 heavy (non-hydrogen) atoms. The lowest BCUT2D eigenvalue weighted by atomic mass is 9.98. The molecular formula is C18H22N2O3. The van der Waals surface area contributed by atoms with Gasteiger partial charge in [-0.1, -0.05) is 0 Å². The molecule has 0 spiro atoms. The fraction of sp³-hybridized carbons (Fsp3) is 0.389. The highest BCUT2D eigenvalue weighted by Crippen LogP contribution is 2.22. The number of ether oxygens (including phenoxy) is 2. The molecule has 1 amide bonds. The SMILES string of the molecule is COc1ccc(OC[C@@H]2CCCN(C(=O)c3cc[nH]c3)C2)cc1. The van der Waals surface area contributed by atoms with E-state index in [1.54, 1.807) is 19.5 Å². The van der Waals surface area contributed by atoms with Crippen molar-refractivity contribution in [3.05, 3.63) is 48.3 Å². The summed E-state index contributed by atoms with van der Waals surface area (Å²) < 4.78 is 11.0. The second-order valence-corrected chi connectivity index (χ2v) is 5.85. The third-order valence-electron chi connectivity index (χ3n) is 4.20. The molecule has 1 N–H and O–H groups in total. The van der Waals surface area contributed by atoms with E-state index >= 15 is 0 Å². The van der Waals surface area contributed by atoms with Gasteiger partial charge in [0.25, 0.3) is 5.91 Å². The number of carbonyl (C=O) groups is 1. The number of H-pyrrole nitrogens is 1. The summed E-state index contributed by atoms with van der Waals surface area (Å²) in [6.45, 7) is 2.20. The molecule has 5 nitrogen and oxygen atoms in total. The number of nitrogens with zero attached hydrogens (tertiary/aromatic N) is 1. The Balaban J connectivity index is 1.53. The summed E-state index contributed by atoms with van der Waals surface area (Å²) >= 11 is 0. The Kier molecular flexibility index (Phi) is 4.86. The molecule has 0 radical (unpaired) electrons. The number of aromatic nitrogens is 1. The molecule has 2 aromatic rings. The number of hydrogen-bond donors (Lipinski definition) is 1. The Hall–Kier alpha value is -2.43. The predicted octanol–water partition coefficient (Wildman–Crippen LogP) is 2.95. The molecule has 3 rings (SSSR count). The number of benzene rings is 1. The van der Waals surface area contributed by atoms with Crippen molar-refractivity contribution in [1.29, 1.82) is 0 Å². The van der Waals surface area contributed by atoms with Gasteiger partial charge in [0.15, 0.2) is 0 Å². The van der Waals surface area contributed by atoms with Gasteiger partial charge in [-0.25, -0.2) is 0 Å². The summed E-state index contributed by atoms with van der Waals surface area (Å²) in [6, 6.07) is 9.41. The van der Waals surface area contributed by atoms with Gasteiger partial charge in [0.05, 0.1) is 19.3 Å². The van der Waals surface area contributed by atoms with Crippen LogP contribution in [0.5, 0.6) is 11.5 Å². The Bertz CT molecular complexity index is 622. The predicted molar refractivity (Wildman–Crippen MR) is 87.9 cm³/mol. The van der Waals surface area contributed by atoms with Gasteiger partial charge in [-0.2, -0.15) is 0 Å². The first-order chi connectivity index (χ1) is 11.3. The second kappa shape index (κ2) is 7.22. The van der Waals surface area contributed by atoms with Gasteiger partial charge in [-0.05, 0) is 43.2 Å². The minimum Gasteiger partial charge on any atom is -0.497 e. The average Bonchev–Trinajstić information content (AvgIpc) is 3.14. The molecule has 1 fully saturated rings. The zero-order valence-corrected chi connectivity index (χ0v) is 13.3. The Morgan fingerprint density at radius 2 is 2.04 bits per heavy atom. The van der Waals surface area contributed by atoms with Crippen molar-refractivity contribution in [1.82, 2.24) is 9.88 Å². The van der Waals surface area contributed by atoms with Crippen LogP contribution in [0.25, 0.3) is 0 Å². The lowest BCUT2D eigenvalue weighted by molar-refractivity contribution is 0.0633. The van der Waals surface area contributed by atoms with Crippen molar-refractivity contribution < 1.29 is 14.3 Å². The summed E-state index contributed by atoms with van der Waals surface area (Å²) in [5, 5.41) is 0. The molecule has 122 valence electrons. The minimum atomic E-state index is 0.0976. The quantitative estimate of drug-likeness (QED) is 0.923. The van der Waals surface area contributed by atoms with Crippen LogP contribution in [0.4, 0.5) is 0 Å². The molecule has 1 aromatic carbocycles. The molecule has 5 heteroatoms. The summed E-state index contributed by atoms with van der Waals surface area (Å²) in [5.74, 6) is 2.12. The third kappa shape index (κ3) is 3.86. The highest BCUT2D eigenvalue weighted by molar-refractivity contribution is 5.94. The number of hydrogen-bond acceptors (Lipinski definition) is 3. The Morgan fingerprint density at radius 3 is 2.74 bits per heavy atom. The van der Waals surface area contributed by atoms with E-state index in [9.17, 15) is 4.79 Å². The Labute approximate surface area is 136 Å². The maximum absolute atomic E-state index is 12.4. The summed E-state index contributed by atoms with van der Waals surface area (Å²) in [6.07, 6.45) is 5.64. The lowest BCUT2D eigenvalue weighted by Crippen LogP contribution is -2.41. The number of likely N-dealkylation sites (tertiary alicyclic amines) is 1. The number of methoxy groups -OCH3 is 1. The fourth-order valence-corrected chi connectivity index (χ4v) is 2.91. The molecule has 1 aliphatic rings. The molecule has 1 aromatic heterocycles. The van der Waals surface area contributed by atoms with Gasteiger partial charge in [-0.3, -0.25) is 4.79 Å². The van der Waals surface area contributed by atoms with Crippen molar-refractivity contribution in [2.24, 2.45) is 5.92 Å². The smallest absolute Gasteiger partial charge is 0.255 e. The Morgan fingerprint density at radius 1 is 1.26 bits per heavy atom. The molecule has 0 unspecified atom stereocenters. The van der Waals surface area contributed by atoms with Crippen LogP contribution in [0.3, 0.4) is 0 Å². The fourth-order valence-electron chi connectivity index (χ4n) is 2.91. The van der Waals surface area contributed by atoms with E-state index in [2.05, 4.69) is 4.98 Å². The van der Waals surface area contributed by atoms with Gasteiger partial charge in [0.1, 0.15) is 11.5 Å². The average molecular weight is 314 g/mol. The van der Waals surface area contributed by atoms with Crippen LogP contribution in [0.15, 0.2) is 42.7 Å². The van der Waals surface area contributed by atoms with Crippen LogP contribution >= 0.6 is 0 Å². The molecule has 2 heterocycles. The molecule has 1 aliphatic heterocycles. The molecule has 1 saturated heterocycles. The first-order valence-electron chi connectivity index (χ1n) is 7.95. The molecule has 0 aliphatic carbocycles. The maximum Gasteiger partial charge on any atom is 0.255 e. The van der Waals surface area contributed by atoms with Crippen LogP contribution in [-0.2, 0) is 0 Å². The van der Waals surface area contributed by atoms with Crippen molar-refractivity contribution in [3.8, 4) is 11.5 Å². The van der Waals surface area contributed by atoms with Gasteiger partial charge in [0, 0.05) is 31.4 Å². The molecule has 0 saturated carbocycles. The van der Waals surface area contributed by atoms with Gasteiger partial charge in [-0.15, -0.1) is 0 Å². The molecular weight excluding hydrogens is 292 g/mol. The number of amides is 1. The topological polar surface area (TPSA) is 54.6 Å². The number of piperidine rings is 1. The van der Waals surface area contributed by atoms with Crippen LogP contribution in [0, 0.1) is 5.92 Å². The van der Waals surface area contributed by atoms with E-state index < -0.39 is 0 Å². The number of aromatic amines is 1. The summed E-state index contributed by atoms with van der Waals surface area (Å²) in [7, 11) is 1.65. The van der Waals surface area contributed by atoms with Gasteiger partial charge >= 0.3 is 0 Å². The van der Waals surface area contributed by atoms with E-state index in [0.717, 1.165) is 43.0 Å². The van der Waals surface area contributed by atoms with Crippen molar-refractivity contribution in [3.63, 3.8) is 0 Å². The van der Waals surface area contributed by atoms with E-state index in [1.807, 2.05) is 35.2 Å². The maximum atomic E-state index is 12.4. The summed E-state index contributed by atoms with van der Waals surface area (Å²) in [4.78, 5) is 17.3. The largest absolute Gasteiger partial charge is 0.497 e. The highest BCUT2D eigenvalue weighted by atomic mass is 16.5. The number of rotatable bonds is 5. The van der Waals surface area contributed by atoms with E-state index in [0.29, 0.717) is 12.5 Å². The molecule has 1 atom stereocenters. The standard InChI is InChI=1S/C18H22N2O3/c1-22-16-4-6-17(7-5-16)23-13-14-3-2-10-20(12-14)18(21)15-8-9-19-11-15/h4-9,11,14,19H,2-3,10,12-13H2,1H3/t14-/m1/s1. The number of nitrogens with one attached hydrogen (secondary N) is 1. The van der Waals surface area contributed by atoms with E-state index in [-0.39, 0.29) is 5.91 Å². The van der Waals surface area contributed by atoms with Gasteiger partial charge in [0.2, 0.25) is 0 Å². The van der Waals surface area contributed by atoms with Crippen molar-refractivity contribution in [2.45, 2.75) is 12.8 Å². The normalized spacial score (nSPS) is 17.8. The highest BCUT2D eigenvalue weighted by Gasteiger charge is 2.25. The van der Waals surface area contributed by atoms with Crippen molar-refractivity contribution in [2.75, 3.05) is 26.8 Å². The monoisotopic (exact) mass is 314 g/mol. The van der Waals surface area contributed by atoms with Crippen LogP contribution in [0.1, 0.15) is 23.2 Å². The zero-order valence-electron chi connectivity index (χ0n) is 13.3. The van der Waals surface area contributed by atoms with Crippen LogP contribution in [-0.4, -0.2) is 42.6 Å². The zero-order chi connectivity index (χ0) is 16.1. The number of carbonyl (C=O) groups excluding carboxylic acids is 1. The van der Waals surface area contributed by atoms with E-state index in [4.69, 9.17) is 9.47 Å². The lowest BCUT2D eigenvalue weighted by Gasteiger charge is -2.32. The van der Waals surface area contributed by atoms with Crippen LogP contribution < -0.4 is 9.47 Å². The van der Waals surface area contributed by atoms with E-state index in [1.165, 1.54) is 0 Å². The van der Waals surface area contributed by atoms with Gasteiger partial charge < -0.3 is 19.4 Å². The first-order valence-corrected chi connectivity index (χ1v) is 7.95. The van der Waals surface area contributed by atoms with Crippen molar-refractivity contribution >= 4 is 5.91 Å². The first kappa shape index (κ1) is 15.5. The summed E-state index contributed by atoms with van der Waals surface area (Å²) in [5.41, 5.74) is 0.724. The third-order valence-corrected chi connectivity index (χ3v) is 4.20. The van der Waals surface area contributed by atoms with Crippen LogP contribution in [0.2, 0.25) is 0 Å². The second-order valence-electron chi connectivity index (χ2n) is 5.85. The minimum absolute atomic E-state index is 0.0976.